The molecule has 0 aliphatic rings. The lowest BCUT2D eigenvalue weighted by Crippen LogP contribution is -1.93. The zero-order valence-corrected chi connectivity index (χ0v) is 10.9. The molecule has 0 aliphatic heterocycles. The molecular formula is C14H16ClNO. The van der Waals surface area contributed by atoms with Gasteiger partial charge in [0.05, 0.1) is 12.1 Å². The van der Waals surface area contributed by atoms with E-state index in [4.69, 9.17) is 16.1 Å². The molecule has 0 fully saturated rings. The maximum absolute atomic E-state index is 5.82. The fourth-order valence-electron chi connectivity index (χ4n) is 1.86. The summed E-state index contributed by atoms with van der Waals surface area (Å²) in [7, 11) is 0. The van der Waals surface area contributed by atoms with Crippen LogP contribution >= 0.6 is 11.6 Å². The average molecular weight is 250 g/mol. The summed E-state index contributed by atoms with van der Waals surface area (Å²) in [6.07, 6.45) is 2.77. The van der Waals surface area contributed by atoms with Gasteiger partial charge in [0.15, 0.2) is 5.76 Å². The van der Waals surface area contributed by atoms with Crippen molar-refractivity contribution in [2.24, 2.45) is 5.92 Å². The molecule has 2 nitrogen and oxygen atoms in total. The Morgan fingerprint density at radius 3 is 2.53 bits per heavy atom. The van der Waals surface area contributed by atoms with E-state index in [9.17, 15) is 0 Å². The SMILES string of the molecule is CC(C)Cc1ccc(-c2oncc2CCl)cc1. The van der Waals surface area contributed by atoms with Crippen LogP contribution in [0, 0.1) is 5.92 Å². The van der Waals surface area contributed by atoms with Crippen molar-refractivity contribution in [2.45, 2.75) is 26.1 Å². The van der Waals surface area contributed by atoms with Gasteiger partial charge in [0.25, 0.3) is 0 Å². The van der Waals surface area contributed by atoms with Crippen LogP contribution in [0.15, 0.2) is 35.0 Å². The Bertz CT molecular complexity index is 473. The Morgan fingerprint density at radius 1 is 1.24 bits per heavy atom. The van der Waals surface area contributed by atoms with Gasteiger partial charge in [0, 0.05) is 11.1 Å². The molecule has 1 aromatic heterocycles. The predicted molar refractivity (Wildman–Crippen MR) is 70.0 cm³/mol. The molecule has 0 saturated heterocycles. The largest absolute Gasteiger partial charge is 0.356 e. The summed E-state index contributed by atoms with van der Waals surface area (Å²) < 4.78 is 5.23. The van der Waals surface area contributed by atoms with E-state index < -0.39 is 0 Å². The highest BCUT2D eigenvalue weighted by Gasteiger charge is 2.09. The second-order valence-corrected chi connectivity index (χ2v) is 4.88. The van der Waals surface area contributed by atoms with Crippen LogP contribution in [0.1, 0.15) is 25.0 Å². The maximum atomic E-state index is 5.82. The first-order valence-electron chi connectivity index (χ1n) is 5.79. The molecule has 0 amide bonds. The van der Waals surface area contributed by atoms with Crippen molar-refractivity contribution in [3.05, 3.63) is 41.6 Å². The zero-order chi connectivity index (χ0) is 12.3. The van der Waals surface area contributed by atoms with Crippen LogP contribution in [0.3, 0.4) is 0 Å². The Balaban J connectivity index is 2.23. The van der Waals surface area contributed by atoms with Crippen molar-refractivity contribution in [1.29, 1.82) is 0 Å². The molecule has 17 heavy (non-hydrogen) atoms. The van der Waals surface area contributed by atoms with E-state index in [0.717, 1.165) is 23.3 Å². The fraction of sp³-hybridized carbons (Fsp3) is 0.357. The molecule has 0 unspecified atom stereocenters. The van der Waals surface area contributed by atoms with Gasteiger partial charge in [-0.3, -0.25) is 0 Å². The lowest BCUT2D eigenvalue weighted by molar-refractivity contribution is 0.432. The number of alkyl halides is 1. The molecule has 0 aliphatic carbocycles. The second kappa shape index (κ2) is 5.37. The monoisotopic (exact) mass is 249 g/mol. The summed E-state index contributed by atoms with van der Waals surface area (Å²) in [6.45, 7) is 4.44. The average Bonchev–Trinajstić information content (AvgIpc) is 2.77. The molecule has 0 N–H and O–H groups in total. The molecule has 2 rings (SSSR count). The van der Waals surface area contributed by atoms with Crippen LogP contribution in [0.25, 0.3) is 11.3 Å². The van der Waals surface area contributed by atoms with Crippen molar-refractivity contribution in [3.8, 4) is 11.3 Å². The summed E-state index contributed by atoms with van der Waals surface area (Å²) >= 11 is 5.82. The summed E-state index contributed by atoms with van der Waals surface area (Å²) in [5.41, 5.74) is 3.31. The van der Waals surface area contributed by atoms with Crippen LogP contribution in [0.2, 0.25) is 0 Å². The topological polar surface area (TPSA) is 26.0 Å². The van der Waals surface area contributed by atoms with Gasteiger partial charge in [0.1, 0.15) is 0 Å². The van der Waals surface area contributed by atoms with Gasteiger partial charge in [-0.05, 0) is 17.9 Å². The van der Waals surface area contributed by atoms with Crippen molar-refractivity contribution >= 4 is 11.6 Å². The summed E-state index contributed by atoms with van der Waals surface area (Å²) in [4.78, 5) is 0. The Morgan fingerprint density at radius 2 is 1.94 bits per heavy atom. The van der Waals surface area contributed by atoms with E-state index in [0.29, 0.717) is 11.8 Å². The van der Waals surface area contributed by atoms with Gasteiger partial charge in [-0.1, -0.05) is 43.3 Å². The molecule has 2 aromatic rings. The number of hydrogen-bond acceptors (Lipinski definition) is 2. The molecule has 0 atom stereocenters. The number of nitrogens with zero attached hydrogens (tertiary/aromatic N) is 1. The molecule has 0 saturated carbocycles. The highest BCUT2D eigenvalue weighted by molar-refractivity contribution is 6.17. The molecule has 0 spiro atoms. The van der Waals surface area contributed by atoms with Gasteiger partial charge in [-0.2, -0.15) is 0 Å². The summed E-state index contributed by atoms with van der Waals surface area (Å²) in [5.74, 6) is 1.87. The smallest absolute Gasteiger partial charge is 0.171 e. The minimum atomic E-state index is 0.423. The number of aromatic nitrogens is 1. The first kappa shape index (κ1) is 12.2. The van der Waals surface area contributed by atoms with Gasteiger partial charge in [-0.15, -0.1) is 11.6 Å². The van der Waals surface area contributed by atoms with E-state index in [1.54, 1.807) is 6.20 Å². The van der Waals surface area contributed by atoms with Crippen LogP contribution in [0.5, 0.6) is 0 Å². The highest BCUT2D eigenvalue weighted by Crippen LogP contribution is 2.25. The lowest BCUT2D eigenvalue weighted by Gasteiger charge is -2.05. The van der Waals surface area contributed by atoms with E-state index in [1.165, 1.54) is 5.56 Å². The Kier molecular flexibility index (Phi) is 3.85. The lowest BCUT2D eigenvalue weighted by atomic mass is 10.0. The molecule has 3 heteroatoms. The van der Waals surface area contributed by atoms with E-state index in [1.807, 2.05) is 0 Å². The molecule has 1 aromatic carbocycles. The van der Waals surface area contributed by atoms with E-state index in [-0.39, 0.29) is 0 Å². The van der Waals surface area contributed by atoms with Crippen molar-refractivity contribution in [2.75, 3.05) is 0 Å². The molecule has 0 radical (unpaired) electrons. The maximum Gasteiger partial charge on any atom is 0.171 e. The first-order valence-corrected chi connectivity index (χ1v) is 6.33. The van der Waals surface area contributed by atoms with Crippen molar-refractivity contribution in [1.82, 2.24) is 5.16 Å². The third-order valence-corrected chi connectivity index (χ3v) is 2.94. The number of benzene rings is 1. The molecular weight excluding hydrogens is 234 g/mol. The van der Waals surface area contributed by atoms with Crippen LogP contribution < -0.4 is 0 Å². The predicted octanol–water partition coefficient (Wildman–Crippen LogP) is 4.28. The number of hydrogen-bond donors (Lipinski definition) is 0. The highest BCUT2D eigenvalue weighted by atomic mass is 35.5. The fourth-order valence-corrected chi connectivity index (χ4v) is 2.05. The second-order valence-electron chi connectivity index (χ2n) is 4.61. The number of halogens is 1. The van der Waals surface area contributed by atoms with Gasteiger partial charge < -0.3 is 4.52 Å². The van der Waals surface area contributed by atoms with E-state index in [2.05, 4.69) is 43.3 Å². The minimum absolute atomic E-state index is 0.423. The van der Waals surface area contributed by atoms with Crippen LogP contribution in [-0.4, -0.2) is 5.16 Å². The van der Waals surface area contributed by atoms with Gasteiger partial charge in [0.2, 0.25) is 0 Å². The first-order chi connectivity index (χ1) is 8.20. The standard InChI is InChI=1S/C14H16ClNO/c1-10(2)7-11-3-5-12(6-4-11)14-13(8-15)9-16-17-14/h3-6,9-10H,7-8H2,1-2H3. The van der Waals surface area contributed by atoms with Gasteiger partial charge in [-0.25, -0.2) is 0 Å². The summed E-state index contributed by atoms with van der Waals surface area (Å²) in [5, 5.41) is 3.78. The summed E-state index contributed by atoms with van der Waals surface area (Å²) in [6, 6.07) is 8.40. The quantitative estimate of drug-likeness (QED) is 0.756. The molecule has 1 heterocycles. The van der Waals surface area contributed by atoms with Crippen molar-refractivity contribution < 1.29 is 4.52 Å². The number of rotatable bonds is 4. The van der Waals surface area contributed by atoms with Crippen molar-refractivity contribution in [3.63, 3.8) is 0 Å². The third-order valence-electron chi connectivity index (χ3n) is 2.65. The third kappa shape index (κ3) is 2.89. The van der Waals surface area contributed by atoms with Crippen LogP contribution in [0.4, 0.5) is 0 Å². The minimum Gasteiger partial charge on any atom is -0.356 e. The Hall–Kier alpha value is -1.28. The van der Waals surface area contributed by atoms with E-state index >= 15 is 0 Å². The molecule has 0 bridgehead atoms. The molecule has 90 valence electrons. The zero-order valence-electron chi connectivity index (χ0n) is 10.1. The van der Waals surface area contributed by atoms with Crippen LogP contribution in [-0.2, 0) is 12.3 Å². The normalized spacial score (nSPS) is 11.1. The van der Waals surface area contributed by atoms with Gasteiger partial charge >= 0.3 is 0 Å². The Labute approximate surface area is 107 Å².